The third-order valence-electron chi connectivity index (χ3n) is 22.0. The van der Waals surface area contributed by atoms with Crippen LogP contribution in [0.15, 0.2) is 218 Å². The number of hydrogen-bond donors (Lipinski definition) is 5. The summed E-state index contributed by atoms with van der Waals surface area (Å²) >= 11 is 0. The van der Waals surface area contributed by atoms with Crippen LogP contribution in [-0.2, 0) is 118 Å². The number of Topliss-reactive ketones (excluding diaryl/α,β-unsaturated/α-hetero) is 5. The second-order valence-corrected chi connectivity index (χ2v) is 33.6. The van der Waals surface area contributed by atoms with Crippen molar-refractivity contribution in [3.8, 4) is 23.0 Å². The van der Waals surface area contributed by atoms with Gasteiger partial charge in [-0.05, 0) is 172 Å². The number of nitrogens with one attached hydrogen (secondary N) is 3. The fourth-order valence-corrected chi connectivity index (χ4v) is 13.2. The molecule has 8 aromatic carbocycles. The summed E-state index contributed by atoms with van der Waals surface area (Å²) in [6.07, 6.45) is 4.35. The summed E-state index contributed by atoms with van der Waals surface area (Å²) in [5, 5.41) is 25.6. The Balaban J connectivity index is 0.000000244. The minimum atomic E-state index is -0.855. The van der Waals surface area contributed by atoms with E-state index in [9.17, 15) is 47.9 Å². The fraction of sp³-hybridized carbons (Fsp3) is 0.431. The van der Waals surface area contributed by atoms with Crippen molar-refractivity contribution < 1.29 is 96.1 Å². The summed E-state index contributed by atoms with van der Waals surface area (Å²) < 4.78 is 41.7. The molecule has 5 N–H and O–H groups in total. The summed E-state index contributed by atoms with van der Waals surface area (Å²) in [5.41, 5.74) is 5.34. The highest BCUT2D eigenvalue weighted by molar-refractivity contribution is 5.99. The van der Waals surface area contributed by atoms with Crippen LogP contribution in [0.4, 0.5) is 0 Å². The third-order valence-corrected chi connectivity index (χ3v) is 22.0. The lowest BCUT2D eigenvalue weighted by atomic mass is 9.89. The van der Waals surface area contributed by atoms with Gasteiger partial charge in [0.2, 0.25) is 17.7 Å². The lowest BCUT2D eigenvalue weighted by molar-refractivity contribution is -0.141. The van der Waals surface area contributed by atoms with Crippen LogP contribution in [0.1, 0.15) is 141 Å². The third kappa shape index (κ3) is 34.2. The topological polar surface area (TPSA) is 334 Å². The summed E-state index contributed by atoms with van der Waals surface area (Å²) in [6.45, 7) is 23.3. The van der Waals surface area contributed by atoms with Crippen molar-refractivity contribution in [3.63, 3.8) is 0 Å². The Kier molecular flexibility index (Phi) is 40.3. The lowest BCUT2D eigenvalue weighted by Gasteiger charge is -2.24. The van der Waals surface area contributed by atoms with Crippen LogP contribution in [-0.4, -0.2) is 164 Å². The van der Waals surface area contributed by atoms with E-state index in [-0.39, 0.29) is 96.0 Å². The first-order valence-electron chi connectivity index (χ1n) is 42.2. The monoisotopic (exact) mass is 1720 g/mol. The van der Waals surface area contributed by atoms with Gasteiger partial charge < -0.3 is 64.1 Å². The van der Waals surface area contributed by atoms with Crippen LogP contribution >= 0.6 is 0 Å². The minimum absolute atomic E-state index is 0. The predicted molar refractivity (Wildman–Crippen MR) is 482 cm³/mol. The highest BCUT2D eigenvalue weighted by atomic mass is 16.6. The number of carboxylic acids is 2. The molecule has 0 saturated carbocycles. The van der Waals surface area contributed by atoms with E-state index in [0.717, 1.165) is 68.4 Å². The number of hydrogen-bond acceptors (Lipinski definition) is 18. The van der Waals surface area contributed by atoms with E-state index < -0.39 is 58.4 Å². The normalized spacial score (nSPS) is 18.9. The molecule has 0 aliphatic carbocycles. The first kappa shape index (κ1) is 102. The molecule has 8 aromatic rings. The Morgan fingerprint density at radius 2 is 0.528 bits per heavy atom. The molecule has 0 bridgehead atoms. The summed E-state index contributed by atoms with van der Waals surface area (Å²) in [4.78, 5) is 123. The summed E-state index contributed by atoms with van der Waals surface area (Å²) in [6, 6.07) is 67.4. The van der Waals surface area contributed by atoms with Crippen LogP contribution < -0.4 is 34.9 Å². The largest absolute Gasteiger partial charge is 0.497 e. The molecule has 3 amide bonds. The number of carbonyl (C=O) groups excluding carboxylic acids is 8. The number of aliphatic carboxylic acids is 2. The average molecular weight is 1720 g/mol. The van der Waals surface area contributed by atoms with Gasteiger partial charge in [0.05, 0.1) is 84.8 Å². The van der Waals surface area contributed by atoms with Gasteiger partial charge in [0.15, 0.2) is 23.1 Å². The molecule has 0 unspecified atom stereocenters. The van der Waals surface area contributed by atoms with Crippen LogP contribution in [0, 0.1) is 41.4 Å². The fourth-order valence-electron chi connectivity index (χ4n) is 13.2. The maximum Gasteiger partial charge on any atom is 0.306 e. The zero-order valence-corrected chi connectivity index (χ0v) is 74.5. The van der Waals surface area contributed by atoms with Gasteiger partial charge in [-0.25, -0.2) is 0 Å². The Bertz CT molecular complexity index is 4580. The number of carboxylic acid groups (broad SMARTS) is 2. The molecule has 672 valence electrons. The molecule has 4 saturated heterocycles. The lowest BCUT2D eigenvalue weighted by Crippen LogP contribution is -2.49. The first-order valence-corrected chi connectivity index (χ1v) is 42.2. The van der Waals surface area contributed by atoms with E-state index in [1.165, 1.54) is 5.56 Å². The van der Waals surface area contributed by atoms with Gasteiger partial charge in [0.25, 0.3) is 0 Å². The Morgan fingerprint density at radius 1 is 0.304 bits per heavy atom. The summed E-state index contributed by atoms with van der Waals surface area (Å²) in [7, 11) is 6.45. The number of epoxide rings is 4. The Hall–Kier alpha value is -11.5. The van der Waals surface area contributed by atoms with E-state index in [2.05, 4.69) is 28.1 Å². The molecule has 0 spiro atoms. The molecule has 12 rings (SSSR count). The SMILES string of the molecule is C.CC(C)C(=O)O.COc1ccc(C[C@H](C)C(=O)N[C@@H](Cc2ccccc2)C(=O)[C@@]2(C)CO2)cc1.COc1ccc(C[C@H](C)C(=O)N[C@@H](Cc2ccccc2)C(=O)[C@@]2(C)CO2)cc1.COc1ccc(C[C@H](C)C(=O)O)cc1.COc1ccc(C[C@H](CC(=O)C(C)C)C(=O)N[C@@H](Cc2ccccc2)C(=O)[C@@]2(C)CO2)cc1.C[C@@H](Cc1ccccc1)C(=O)[C@@]1(C)CO1. The van der Waals surface area contributed by atoms with Crippen molar-refractivity contribution >= 4 is 58.6 Å². The molecule has 12 atom stereocenters. The molecular formula is C102H129N3O20. The smallest absolute Gasteiger partial charge is 0.306 e. The van der Waals surface area contributed by atoms with Gasteiger partial charge in [-0.15, -0.1) is 0 Å². The second-order valence-electron chi connectivity index (χ2n) is 33.6. The zero-order valence-electron chi connectivity index (χ0n) is 74.5. The molecule has 4 aliphatic rings. The van der Waals surface area contributed by atoms with Gasteiger partial charge in [-0.2, -0.15) is 0 Å². The highest BCUT2D eigenvalue weighted by Crippen LogP contribution is 2.34. The predicted octanol–water partition coefficient (Wildman–Crippen LogP) is 15.0. The van der Waals surface area contributed by atoms with E-state index in [1.807, 2.05) is 248 Å². The van der Waals surface area contributed by atoms with Crippen molar-refractivity contribution in [2.75, 3.05) is 54.9 Å². The Morgan fingerprint density at radius 3 is 0.768 bits per heavy atom. The van der Waals surface area contributed by atoms with Gasteiger partial charge in [-0.3, -0.25) is 47.9 Å². The average Bonchev–Trinajstić information content (AvgIpc) is 1.65. The van der Waals surface area contributed by atoms with Crippen LogP contribution in [0.2, 0.25) is 0 Å². The number of ketones is 5. The number of methoxy groups -OCH3 is 4. The van der Waals surface area contributed by atoms with Gasteiger partial charge >= 0.3 is 11.9 Å². The number of benzene rings is 8. The quantitative estimate of drug-likeness (QED) is 0.0223. The molecule has 125 heavy (non-hydrogen) atoms. The standard InChI is InChI=1S/C27H33NO5.2C23H27NO4.C13H16O2.C11H14O3.C4H8O2.CH4/c1-18(2)24(29)16-21(14-20-10-12-22(32-4)13-11-20)26(31)28-23(25(30)27(3)17-33-27)15-19-8-6-5-7-9-19;2*1-16(13-18-9-11-19(27-3)12-10-18)22(26)24-20(21(25)23(2)15-28-23)14-17-7-5-4-6-8-17;1-10(12(14)13(2)9-15-13)8-11-6-4-3-5-7-11;1-8(11(12)13)7-9-3-5-10(14-2)6-4-9;1-3(2)4(5)6;/h5-13,18,21,23H,14-17H2,1-4H3,(H,28,31);2*4-12,16,20H,13-15H2,1-3H3,(H,24,26);3-7,10H,8-9H2,1-2H3;3-6,8H,7H2,1-2H3,(H,12,13);3H,1-2H3,(H,5,6);1H4/t21-,23+,27-;2*16-,20-,23+;10-,13+;8-;;/m10000../s1. The summed E-state index contributed by atoms with van der Waals surface area (Å²) in [5.74, 6) is -0.797. The number of amides is 3. The van der Waals surface area contributed by atoms with Crippen molar-refractivity contribution in [2.45, 2.75) is 189 Å². The van der Waals surface area contributed by atoms with E-state index in [1.54, 1.807) is 70.0 Å². The number of carbonyl (C=O) groups is 10. The van der Waals surface area contributed by atoms with Crippen LogP contribution in [0.3, 0.4) is 0 Å². The van der Waals surface area contributed by atoms with Crippen LogP contribution in [0.5, 0.6) is 23.0 Å². The molecule has 23 heteroatoms. The van der Waals surface area contributed by atoms with Gasteiger partial charge in [0.1, 0.15) is 51.2 Å². The van der Waals surface area contributed by atoms with Gasteiger partial charge in [-0.1, -0.05) is 233 Å². The van der Waals surface area contributed by atoms with E-state index in [0.29, 0.717) is 71.4 Å². The first-order chi connectivity index (χ1) is 58.9. The van der Waals surface area contributed by atoms with Crippen molar-refractivity contribution in [1.29, 1.82) is 0 Å². The van der Waals surface area contributed by atoms with Gasteiger partial charge in [0, 0.05) is 36.0 Å². The van der Waals surface area contributed by atoms with E-state index in [4.69, 9.17) is 48.1 Å². The van der Waals surface area contributed by atoms with Crippen molar-refractivity contribution in [3.05, 3.63) is 263 Å². The molecule has 0 aromatic heterocycles. The second kappa shape index (κ2) is 49.3. The van der Waals surface area contributed by atoms with Crippen LogP contribution in [0.25, 0.3) is 0 Å². The molecule has 4 fully saturated rings. The number of ether oxygens (including phenoxy) is 8. The maximum absolute atomic E-state index is 13.4. The molecular weight excluding hydrogens is 1590 g/mol. The molecule has 0 radical (unpaired) electrons. The number of rotatable bonds is 39. The molecule has 23 nitrogen and oxygen atoms in total. The molecule has 4 aliphatic heterocycles. The highest BCUT2D eigenvalue weighted by Gasteiger charge is 2.53. The Labute approximate surface area is 737 Å². The van der Waals surface area contributed by atoms with Crippen molar-refractivity contribution in [1.82, 2.24) is 16.0 Å². The maximum atomic E-state index is 13.4. The minimum Gasteiger partial charge on any atom is -0.497 e. The van der Waals surface area contributed by atoms with E-state index >= 15 is 0 Å². The van der Waals surface area contributed by atoms with Crippen molar-refractivity contribution in [2.24, 2.45) is 41.4 Å². The zero-order chi connectivity index (χ0) is 90.9. The molecule has 4 heterocycles.